The zero-order chi connectivity index (χ0) is 23.3. The Bertz CT molecular complexity index is 714. The molecule has 0 radical (unpaired) electrons. The van der Waals surface area contributed by atoms with Gasteiger partial charge in [0.25, 0.3) is 0 Å². The van der Waals surface area contributed by atoms with Crippen LogP contribution in [0.2, 0.25) is 0 Å². The molecule has 182 valence electrons. The molecule has 0 aromatic carbocycles. The van der Waals surface area contributed by atoms with Gasteiger partial charge < -0.3 is 9.84 Å². The third-order valence-electron chi connectivity index (χ3n) is 11.5. The number of hydrogen-bond donors (Lipinski definition) is 1. The molecule has 10 atom stereocenters. The second kappa shape index (κ2) is 8.88. The average Bonchev–Trinajstić information content (AvgIpc) is 3.10. The maximum Gasteiger partial charge on any atom is 0.0885 e. The van der Waals surface area contributed by atoms with E-state index in [0.29, 0.717) is 23.7 Å². The second-order valence-electron chi connectivity index (χ2n) is 13.3. The van der Waals surface area contributed by atoms with Gasteiger partial charge in [-0.2, -0.15) is 5.26 Å². The van der Waals surface area contributed by atoms with Crippen molar-refractivity contribution < 1.29 is 9.84 Å². The zero-order valence-corrected chi connectivity index (χ0v) is 21.7. The molecule has 10 unspecified atom stereocenters. The molecule has 0 aromatic heterocycles. The standard InChI is InChI=1S/C29H49NO2/c1-19(2)8-7-9-20(3)24-10-11-25-23-16-21(18-30)29(31)17-22(32-6)12-15-28(29,5)26(23)13-14-27(24,25)4/h19-26,31H,7-17H2,1-6H3. The van der Waals surface area contributed by atoms with Gasteiger partial charge in [0, 0.05) is 18.9 Å². The number of ether oxygens (including phenoxy) is 1. The molecular formula is C29H49NO2. The van der Waals surface area contributed by atoms with Crippen LogP contribution in [0.4, 0.5) is 0 Å². The molecule has 0 bridgehead atoms. The topological polar surface area (TPSA) is 53.2 Å². The monoisotopic (exact) mass is 443 g/mol. The van der Waals surface area contributed by atoms with Gasteiger partial charge in [0.15, 0.2) is 0 Å². The van der Waals surface area contributed by atoms with Gasteiger partial charge >= 0.3 is 0 Å². The first-order chi connectivity index (χ1) is 15.1. The summed E-state index contributed by atoms with van der Waals surface area (Å²) in [7, 11) is 1.76. The van der Waals surface area contributed by atoms with Gasteiger partial charge in [0.2, 0.25) is 0 Å². The van der Waals surface area contributed by atoms with Crippen molar-refractivity contribution in [2.24, 2.45) is 52.3 Å². The summed E-state index contributed by atoms with van der Waals surface area (Å²) in [6.07, 6.45) is 13.0. The largest absolute Gasteiger partial charge is 0.388 e. The van der Waals surface area contributed by atoms with E-state index in [1.54, 1.807) is 7.11 Å². The Labute approximate surface area is 197 Å². The summed E-state index contributed by atoms with van der Waals surface area (Å²) in [4.78, 5) is 0. The Kier molecular flexibility index (Phi) is 6.81. The number of nitriles is 1. The van der Waals surface area contributed by atoms with Crippen molar-refractivity contribution in [3.63, 3.8) is 0 Å². The summed E-state index contributed by atoms with van der Waals surface area (Å²) in [5, 5.41) is 22.2. The Hall–Kier alpha value is -0.590. The molecule has 0 saturated heterocycles. The lowest BCUT2D eigenvalue weighted by atomic mass is 9.41. The van der Waals surface area contributed by atoms with Gasteiger partial charge in [0.05, 0.1) is 23.7 Å². The Balaban J connectivity index is 1.56. The fourth-order valence-electron chi connectivity index (χ4n) is 9.67. The van der Waals surface area contributed by atoms with Gasteiger partial charge in [-0.25, -0.2) is 0 Å². The molecule has 3 nitrogen and oxygen atoms in total. The van der Waals surface area contributed by atoms with Crippen molar-refractivity contribution in [1.82, 2.24) is 0 Å². The van der Waals surface area contributed by atoms with Gasteiger partial charge in [-0.1, -0.05) is 53.9 Å². The molecule has 4 saturated carbocycles. The van der Waals surface area contributed by atoms with E-state index in [2.05, 4.69) is 40.7 Å². The van der Waals surface area contributed by atoms with Crippen molar-refractivity contribution in [2.45, 2.75) is 117 Å². The van der Waals surface area contributed by atoms with Gasteiger partial charge in [-0.15, -0.1) is 0 Å². The molecule has 4 aliphatic rings. The van der Waals surface area contributed by atoms with Crippen molar-refractivity contribution in [1.29, 1.82) is 5.26 Å². The summed E-state index contributed by atoms with van der Waals surface area (Å²) >= 11 is 0. The predicted molar refractivity (Wildman–Crippen MR) is 130 cm³/mol. The lowest BCUT2D eigenvalue weighted by Gasteiger charge is -2.65. The molecular weight excluding hydrogens is 394 g/mol. The van der Waals surface area contributed by atoms with Gasteiger partial charge in [0.1, 0.15) is 0 Å². The number of aliphatic hydroxyl groups is 1. The fraction of sp³-hybridized carbons (Fsp3) is 0.966. The summed E-state index contributed by atoms with van der Waals surface area (Å²) in [5.41, 5.74) is -0.612. The third kappa shape index (κ3) is 3.67. The zero-order valence-electron chi connectivity index (χ0n) is 21.7. The number of methoxy groups -OCH3 is 1. The Morgan fingerprint density at radius 1 is 1.03 bits per heavy atom. The van der Waals surface area contributed by atoms with Gasteiger partial charge in [-0.05, 0) is 85.9 Å². The number of hydrogen-bond acceptors (Lipinski definition) is 3. The van der Waals surface area contributed by atoms with Crippen LogP contribution in [-0.2, 0) is 4.74 Å². The molecule has 0 spiro atoms. The third-order valence-corrected chi connectivity index (χ3v) is 11.5. The van der Waals surface area contributed by atoms with E-state index in [-0.39, 0.29) is 17.4 Å². The smallest absolute Gasteiger partial charge is 0.0885 e. The Morgan fingerprint density at radius 3 is 2.44 bits per heavy atom. The highest BCUT2D eigenvalue weighted by Crippen LogP contribution is 2.70. The molecule has 0 aromatic rings. The predicted octanol–water partition coefficient (Wildman–Crippen LogP) is 6.99. The first-order valence-corrected chi connectivity index (χ1v) is 13.8. The quantitative estimate of drug-likeness (QED) is 0.481. The molecule has 4 aliphatic carbocycles. The molecule has 3 heteroatoms. The number of nitrogens with zero attached hydrogens (tertiary/aromatic N) is 1. The van der Waals surface area contributed by atoms with Crippen LogP contribution in [0, 0.1) is 63.6 Å². The highest BCUT2D eigenvalue weighted by atomic mass is 16.5. The van der Waals surface area contributed by atoms with E-state index in [0.717, 1.165) is 42.9 Å². The lowest BCUT2D eigenvalue weighted by molar-refractivity contribution is -0.239. The first kappa shape index (κ1) is 24.5. The molecule has 0 aliphatic heterocycles. The summed E-state index contributed by atoms with van der Waals surface area (Å²) in [5.74, 6) is 4.09. The van der Waals surface area contributed by atoms with E-state index < -0.39 is 5.60 Å². The molecule has 0 heterocycles. The molecule has 32 heavy (non-hydrogen) atoms. The maximum absolute atomic E-state index is 12.0. The number of fused-ring (bicyclic) bond motifs is 5. The number of rotatable bonds is 6. The SMILES string of the molecule is COC1CCC2(C)C3CCC4(C)C(C(C)CCCC(C)C)CCC4C3CC(C#N)C2(O)C1. The van der Waals surface area contributed by atoms with Crippen LogP contribution < -0.4 is 0 Å². The van der Waals surface area contributed by atoms with E-state index >= 15 is 0 Å². The minimum Gasteiger partial charge on any atom is -0.388 e. The maximum atomic E-state index is 12.0. The summed E-state index contributed by atoms with van der Waals surface area (Å²) in [6.45, 7) is 12.2. The molecule has 4 fully saturated rings. The normalized spacial score (nSPS) is 49.1. The lowest BCUT2D eigenvalue weighted by Crippen LogP contribution is -2.66. The van der Waals surface area contributed by atoms with Crippen molar-refractivity contribution in [2.75, 3.05) is 7.11 Å². The minimum atomic E-state index is -0.891. The van der Waals surface area contributed by atoms with Crippen LogP contribution in [-0.4, -0.2) is 23.9 Å². The summed E-state index contributed by atoms with van der Waals surface area (Å²) < 4.78 is 5.68. The first-order valence-electron chi connectivity index (χ1n) is 13.8. The molecule has 0 amide bonds. The van der Waals surface area contributed by atoms with Crippen molar-refractivity contribution in [3.8, 4) is 6.07 Å². The van der Waals surface area contributed by atoms with Crippen molar-refractivity contribution >= 4 is 0 Å². The van der Waals surface area contributed by atoms with Crippen molar-refractivity contribution in [3.05, 3.63) is 0 Å². The second-order valence-corrected chi connectivity index (χ2v) is 13.3. The molecule has 4 rings (SSSR count). The van der Waals surface area contributed by atoms with Crippen LogP contribution in [0.3, 0.4) is 0 Å². The minimum absolute atomic E-state index is 0.0943. The fourth-order valence-corrected chi connectivity index (χ4v) is 9.67. The average molecular weight is 444 g/mol. The van der Waals surface area contributed by atoms with Crippen LogP contribution in [0.5, 0.6) is 0 Å². The van der Waals surface area contributed by atoms with E-state index in [1.807, 2.05) is 0 Å². The highest BCUT2D eigenvalue weighted by molar-refractivity contribution is 5.20. The van der Waals surface area contributed by atoms with Crippen LogP contribution >= 0.6 is 0 Å². The molecule has 1 N–H and O–H groups in total. The van der Waals surface area contributed by atoms with Crippen LogP contribution in [0.15, 0.2) is 0 Å². The van der Waals surface area contributed by atoms with E-state index in [9.17, 15) is 10.4 Å². The van der Waals surface area contributed by atoms with E-state index in [1.165, 1.54) is 44.9 Å². The summed E-state index contributed by atoms with van der Waals surface area (Å²) in [6, 6.07) is 2.61. The van der Waals surface area contributed by atoms with Crippen LogP contribution in [0.25, 0.3) is 0 Å². The Morgan fingerprint density at radius 2 is 1.78 bits per heavy atom. The van der Waals surface area contributed by atoms with E-state index in [4.69, 9.17) is 4.74 Å². The van der Waals surface area contributed by atoms with Gasteiger partial charge in [-0.3, -0.25) is 0 Å². The highest BCUT2D eigenvalue weighted by Gasteiger charge is 2.67. The van der Waals surface area contributed by atoms with Crippen LogP contribution in [0.1, 0.15) is 105 Å².